The van der Waals surface area contributed by atoms with E-state index in [-0.39, 0.29) is 0 Å². The zero-order valence-corrected chi connectivity index (χ0v) is 21.0. The first kappa shape index (κ1) is 23.9. The second-order valence-corrected chi connectivity index (χ2v) is 10.9. The molecule has 0 radical (unpaired) electrons. The Morgan fingerprint density at radius 3 is 2.29 bits per heavy atom. The standard InChI is InChI=1S/C32H38O3/c1-22(2)20-34-29-13-15-31-27(18-29)10-14-30(25-6-4-3-5-7-25)32(31)26-8-11-28(12-9-26)35-21-24-16-23(17-24)19-33/h3-9,11-13,15,18,22-24,30,32-33H,10,14,16-17,19-21H2,1-2H3/t23?,24?,30-,32+/m1/s1. The van der Waals surface area contributed by atoms with E-state index in [9.17, 15) is 5.11 Å². The normalized spacial score (nSPS) is 23.4. The Balaban J connectivity index is 1.38. The van der Waals surface area contributed by atoms with Crippen LogP contribution in [0.3, 0.4) is 0 Å². The number of ether oxygens (including phenoxy) is 2. The van der Waals surface area contributed by atoms with Gasteiger partial charge in [-0.1, -0.05) is 62.4 Å². The molecule has 2 aliphatic carbocycles. The molecule has 0 aromatic heterocycles. The van der Waals surface area contributed by atoms with Gasteiger partial charge in [-0.3, -0.25) is 0 Å². The molecule has 1 saturated carbocycles. The Morgan fingerprint density at radius 1 is 0.829 bits per heavy atom. The number of fused-ring (bicyclic) bond motifs is 1. The quantitative estimate of drug-likeness (QED) is 0.367. The molecule has 1 N–H and O–H groups in total. The van der Waals surface area contributed by atoms with E-state index >= 15 is 0 Å². The minimum Gasteiger partial charge on any atom is -0.493 e. The van der Waals surface area contributed by atoms with Gasteiger partial charge in [0.15, 0.2) is 0 Å². The maximum absolute atomic E-state index is 9.23. The average Bonchev–Trinajstić information content (AvgIpc) is 2.87. The lowest BCUT2D eigenvalue weighted by molar-refractivity contribution is 0.0730. The highest BCUT2D eigenvalue weighted by Crippen LogP contribution is 2.47. The summed E-state index contributed by atoms with van der Waals surface area (Å²) in [6, 6.07) is 26.5. The van der Waals surface area contributed by atoms with Crippen LogP contribution in [0, 0.1) is 17.8 Å². The number of benzene rings is 3. The Labute approximate surface area is 210 Å². The van der Waals surface area contributed by atoms with Crippen molar-refractivity contribution in [3.8, 4) is 11.5 Å². The third-order valence-corrected chi connectivity index (χ3v) is 7.70. The highest BCUT2D eigenvalue weighted by Gasteiger charge is 2.32. The number of aliphatic hydroxyl groups excluding tert-OH is 1. The highest BCUT2D eigenvalue weighted by atomic mass is 16.5. The minimum absolute atomic E-state index is 0.308. The van der Waals surface area contributed by atoms with E-state index in [4.69, 9.17) is 9.47 Å². The molecule has 0 unspecified atom stereocenters. The van der Waals surface area contributed by atoms with Crippen molar-refractivity contribution in [2.75, 3.05) is 19.8 Å². The molecule has 0 bridgehead atoms. The molecular weight excluding hydrogens is 432 g/mol. The van der Waals surface area contributed by atoms with Crippen molar-refractivity contribution in [2.24, 2.45) is 17.8 Å². The SMILES string of the molecule is CC(C)COc1ccc2c(c1)CC[C@H](c1ccccc1)[C@@H]2c1ccc(OCC2CC(CO)C2)cc1. The summed E-state index contributed by atoms with van der Waals surface area (Å²) in [5.41, 5.74) is 5.58. The fraction of sp³-hybridized carbons (Fsp3) is 0.438. The maximum Gasteiger partial charge on any atom is 0.119 e. The molecule has 3 aromatic carbocycles. The van der Waals surface area contributed by atoms with E-state index in [1.165, 1.54) is 22.3 Å². The first-order valence-corrected chi connectivity index (χ1v) is 13.2. The molecule has 0 spiro atoms. The van der Waals surface area contributed by atoms with E-state index in [2.05, 4.69) is 86.6 Å². The first-order valence-electron chi connectivity index (χ1n) is 13.2. The third-order valence-electron chi connectivity index (χ3n) is 7.70. The van der Waals surface area contributed by atoms with Crippen molar-refractivity contribution < 1.29 is 14.6 Å². The second kappa shape index (κ2) is 10.9. The van der Waals surface area contributed by atoms with Gasteiger partial charge >= 0.3 is 0 Å². The zero-order valence-electron chi connectivity index (χ0n) is 21.0. The minimum atomic E-state index is 0.308. The van der Waals surface area contributed by atoms with Crippen molar-refractivity contribution >= 4 is 0 Å². The van der Waals surface area contributed by atoms with Gasteiger partial charge in [-0.05, 0) is 95.9 Å². The van der Waals surface area contributed by atoms with Crippen LogP contribution in [0.2, 0.25) is 0 Å². The second-order valence-electron chi connectivity index (χ2n) is 10.9. The lowest BCUT2D eigenvalue weighted by Crippen LogP contribution is -2.30. The summed E-state index contributed by atoms with van der Waals surface area (Å²) in [6.07, 6.45) is 4.35. The molecule has 1 fully saturated rings. The smallest absolute Gasteiger partial charge is 0.119 e. The number of aryl methyl sites for hydroxylation is 1. The largest absolute Gasteiger partial charge is 0.493 e. The van der Waals surface area contributed by atoms with Crippen LogP contribution in [-0.2, 0) is 6.42 Å². The fourth-order valence-corrected chi connectivity index (χ4v) is 5.76. The summed E-state index contributed by atoms with van der Waals surface area (Å²) in [5.74, 6) is 4.25. The summed E-state index contributed by atoms with van der Waals surface area (Å²) in [7, 11) is 0. The van der Waals surface area contributed by atoms with Crippen LogP contribution in [0.15, 0.2) is 72.8 Å². The molecule has 0 aliphatic heterocycles. The number of hydrogen-bond acceptors (Lipinski definition) is 3. The van der Waals surface area contributed by atoms with Crippen LogP contribution in [0.1, 0.15) is 67.2 Å². The van der Waals surface area contributed by atoms with Crippen molar-refractivity contribution in [1.82, 2.24) is 0 Å². The molecule has 0 amide bonds. The summed E-state index contributed by atoms with van der Waals surface area (Å²) in [6.45, 7) is 6.17. The van der Waals surface area contributed by atoms with Gasteiger partial charge in [0, 0.05) is 12.5 Å². The van der Waals surface area contributed by atoms with E-state index < -0.39 is 0 Å². The fourth-order valence-electron chi connectivity index (χ4n) is 5.76. The molecule has 184 valence electrons. The molecule has 35 heavy (non-hydrogen) atoms. The van der Waals surface area contributed by atoms with Gasteiger partial charge in [0.25, 0.3) is 0 Å². The zero-order chi connectivity index (χ0) is 24.2. The van der Waals surface area contributed by atoms with E-state index in [1.54, 1.807) is 0 Å². The molecule has 0 saturated heterocycles. The first-order chi connectivity index (χ1) is 17.1. The topological polar surface area (TPSA) is 38.7 Å². The number of hydrogen-bond donors (Lipinski definition) is 1. The highest BCUT2D eigenvalue weighted by molar-refractivity contribution is 5.48. The molecule has 3 nitrogen and oxygen atoms in total. The van der Waals surface area contributed by atoms with Crippen LogP contribution < -0.4 is 9.47 Å². The molecule has 0 heterocycles. The molecule has 3 aromatic rings. The summed E-state index contributed by atoms with van der Waals surface area (Å²) in [5, 5.41) is 9.23. The van der Waals surface area contributed by atoms with E-state index in [0.29, 0.717) is 36.2 Å². The number of rotatable bonds is 9. The summed E-state index contributed by atoms with van der Waals surface area (Å²) in [4.78, 5) is 0. The molecule has 3 heteroatoms. The maximum atomic E-state index is 9.23. The molecule has 2 atom stereocenters. The van der Waals surface area contributed by atoms with Crippen molar-refractivity contribution in [3.05, 3.63) is 95.1 Å². The average molecular weight is 471 g/mol. The van der Waals surface area contributed by atoms with Gasteiger partial charge < -0.3 is 14.6 Å². The van der Waals surface area contributed by atoms with Crippen LogP contribution in [0.5, 0.6) is 11.5 Å². The summed E-state index contributed by atoms with van der Waals surface area (Å²) >= 11 is 0. The van der Waals surface area contributed by atoms with E-state index in [1.807, 2.05) is 0 Å². The van der Waals surface area contributed by atoms with Crippen molar-refractivity contribution in [3.63, 3.8) is 0 Å². The van der Waals surface area contributed by atoms with Crippen molar-refractivity contribution in [2.45, 2.75) is 51.4 Å². The Kier molecular flexibility index (Phi) is 7.43. The van der Waals surface area contributed by atoms with Crippen LogP contribution in [0.25, 0.3) is 0 Å². The van der Waals surface area contributed by atoms with Gasteiger partial charge in [0.2, 0.25) is 0 Å². The molecule has 2 aliphatic rings. The monoisotopic (exact) mass is 470 g/mol. The Bertz CT molecular complexity index is 1080. The third kappa shape index (κ3) is 5.56. The predicted molar refractivity (Wildman–Crippen MR) is 141 cm³/mol. The van der Waals surface area contributed by atoms with Gasteiger partial charge in [-0.2, -0.15) is 0 Å². The summed E-state index contributed by atoms with van der Waals surface area (Å²) < 4.78 is 12.1. The van der Waals surface area contributed by atoms with Gasteiger partial charge in [-0.25, -0.2) is 0 Å². The lowest BCUT2D eigenvalue weighted by atomic mass is 9.69. The Morgan fingerprint density at radius 2 is 1.57 bits per heavy atom. The van der Waals surface area contributed by atoms with E-state index in [0.717, 1.165) is 50.4 Å². The molecular formula is C32H38O3. The van der Waals surface area contributed by atoms with Gasteiger partial charge in [0.1, 0.15) is 11.5 Å². The lowest BCUT2D eigenvalue weighted by Gasteiger charge is -2.35. The van der Waals surface area contributed by atoms with Gasteiger partial charge in [0.05, 0.1) is 13.2 Å². The Hall–Kier alpha value is -2.78. The van der Waals surface area contributed by atoms with Crippen molar-refractivity contribution in [1.29, 1.82) is 0 Å². The van der Waals surface area contributed by atoms with Crippen LogP contribution in [0.4, 0.5) is 0 Å². The van der Waals surface area contributed by atoms with Gasteiger partial charge in [-0.15, -0.1) is 0 Å². The van der Waals surface area contributed by atoms with Crippen LogP contribution in [-0.4, -0.2) is 24.9 Å². The molecule has 5 rings (SSSR count). The predicted octanol–water partition coefficient (Wildman–Crippen LogP) is 6.98. The number of aliphatic hydroxyl groups is 1. The van der Waals surface area contributed by atoms with Crippen LogP contribution >= 0.6 is 0 Å².